The number of benzene rings is 1. The van der Waals surface area contributed by atoms with Crippen LogP contribution in [0.25, 0.3) is 10.9 Å². The molecular weight excluding hydrogens is 270 g/mol. The quantitative estimate of drug-likeness (QED) is 0.594. The number of primary sulfonamides is 1. The van der Waals surface area contributed by atoms with Crippen molar-refractivity contribution < 1.29 is 24.1 Å². The Labute approximate surface area is 109 Å². The molecule has 2 rings (SSSR count). The lowest BCUT2D eigenvalue weighted by atomic mass is 10.1. The molecular formula is C11H13N3O4S. The second kappa shape index (κ2) is 4.65. The maximum Gasteiger partial charge on any atom is 0.238 e. The topological polar surface area (TPSA) is 144 Å². The Bertz CT molecular complexity index is 749. The van der Waals surface area contributed by atoms with Crippen molar-refractivity contribution >= 4 is 26.9 Å². The number of sulfonamides is 1. The van der Waals surface area contributed by atoms with Gasteiger partial charge in [-0.1, -0.05) is 0 Å². The van der Waals surface area contributed by atoms with Crippen molar-refractivity contribution in [2.24, 2.45) is 5.14 Å². The molecule has 8 heteroatoms. The Morgan fingerprint density at radius 1 is 1.42 bits per heavy atom. The number of H-pyrrole nitrogens is 1. The van der Waals surface area contributed by atoms with Gasteiger partial charge in [-0.3, -0.25) is 0 Å². The first kappa shape index (κ1) is 13.5. The molecule has 7 nitrogen and oxygen atoms in total. The monoisotopic (exact) mass is 283 g/mol. The summed E-state index contributed by atoms with van der Waals surface area (Å²) in [6.07, 6.45) is 0.400. The number of hydrogen-bond acceptors (Lipinski definition) is 4. The van der Waals surface area contributed by atoms with E-state index in [0.717, 1.165) is 0 Å². The highest BCUT2D eigenvalue weighted by Crippen LogP contribution is 2.25. The molecule has 0 unspecified atom stereocenters. The second-order valence-electron chi connectivity index (χ2n) is 4.12. The normalized spacial score (nSPS) is 11.9. The van der Waals surface area contributed by atoms with Crippen LogP contribution < -0.4 is 16.0 Å². The first-order valence-corrected chi connectivity index (χ1v) is 7.07. The Hall–Kier alpha value is -1.90. The van der Waals surface area contributed by atoms with Crippen LogP contribution in [0.4, 0.5) is 0 Å². The van der Waals surface area contributed by atoms with Crippen molar-refractivity contribution in [3.63, 3.8) is 0 Å². The second-order valence-corrected chi connectivity index (χ2v) is 5.68. The van der Waals surface area contributed by atoms with Gasteiger partial charge in [0.15, 0.2) is 0 Å². The van der Waals surface area contributed by atoms with E-state index in [1.807, 2.05) is 0 Å². The van der Waals surface area contributed by atoms with Crippen LogP contribution in [-0.4, -0.2) is 25.9 Å². The molecule has 0 spiro atoms. The van der Waals surface area contributed by atoms with Gasteiger partial charge in [-0.2, -0.15) is 0 Å². The number of aromatic nitrogens is 1. The molecule has 1 aromatic carbocycles. The molecule has 0 atom stereocenters. The van der Waals surface area contributed by atoms with Gasteiger partial charge in [0.1, 0.15) is 0 Å². The molecule has 0 bridgehead atoms. The molecule has 0 fully saturated rings. The minimum atomic E-state index is -3.83. The average Bonchev–Trinajstić information content (AvgIpc) is 2.67. The molecule has 0 amide bonds. The molecule has 0 aliphatic rings. The molecule has 0 aliphatic heterocycles. The summed E-state index contributed by atoms with van der Waals surface area (Å²) in [5.41, 5.74) is 4.62. The number of fused-ring (bicyclic) bond motifs is 1. The summed E-state index contributed by atoms with van der Waals surface area (Å²) in [5.74, 6) is -1.34. The minimum Gasteiger partial charge on any atom is -0.543 e. The summed E-state index contributed by atoms with van der Waals surface area (Å²) in [6, 6.07) is 4.16. The van der Waals surface area contributed by atoms with Crippen LogP contribution >= 0.6 is 0 Å². The van der Waals surface area contributed by atoms with Gasteiger partial charge in [-0.15, -0.1) is 0 Å². The fourth-order valence-electron chi connectivity index (χ4n) is 2.01. The van der Waals surface area contributed by atoms with Gasteiger partial charge >= 0.3 is 0 Å². The predicted molar refractivity (Wildman–Crippen MR) is 65.5 cm³/mol. The molecule has 1 heterocycles. The van der Waals surface area contributed by atoms with Crippen LogP contribution in [0.5, 0.6) is 0 Å². The van der Waals surface area contributed by atoms with Crippen LogP contribution in [0.15, 0.2) is 23.1 Å². The number of aromatic amines is 1. The van der Waals surface area contributed by atoms with Gasteiger partial charge in [0.05, 0.1) is 23.1 Å². The van der Waals surface area contributed by atoms with E-state index in [4.69, 9.17) is 5.14 Å². The number of carbonyl (C=O) groups is 1. The van der Waals surface area contributed by atoms with Gasteiger partial charge in [0, 0.05) is 17.3 Å². The van der Waals surface area contributed by atoms with E-state index in [-0.39, 0.29) is 10.6 Å². The number of carbonyl (C=O) groups excluding carboxylic acids is 1. The highest BCUT2D eigenvalue weighted by Gasteiger charge is 2.15. The lowest BCUT2D eigenvalue weighted by Crippen LogP contribution is -2.51. The lowest BCUT2D eigenvalue weighted by Gasteiger charge is -2.03. The van der Waals surface area contributed by atoms with Crippen molar-refractivity contribution in [1.82, 2.24) is 4.98 Å². The maximum absolute atomic E-state index is 11.3. The standard InChI is InChI=1S/C11H13N3O4S/c12-4-3-7-8-5-6(19(13,17)18)1-2-9(8)14-10(7)11(15)16/h1-2,5,14H,3-4,12H2,(H,15,16)(H2,13,17,18). The number of carboxylic acids is 1. The zero-order valence-electron chi connectivity index (χ0n) is 9.97. The summed E-state index contributed by atoms with van der Waals surface area (Å²) in [5, 5.41) is 16.6. The summed E-state index contributed by atoms with van der Waals surface area (Å²) < 4.78 is 22.6. The Kier molecular flexibility index (Phi) is 3.31. The maximum atomic E-state index is 11.3. The highest BCUT2D eigenvalue weighted by molar-refractivity contribution is 7.89. The van der Waals surface area contributed by atoms with Crippen LogP contribution in [0.3, 0.4) is 0 Å². The first-order chi connectivity index (χ1) is 8.84. The van der Waals surface area contributed by atoms with Gasteiger partial charge in [-0.25, -0.2) is 13.6 Å². The molecule has 102 valence electrons. The molecule has 19 heavy (non-hydrogen) atoms. The zero-order valence-corrected chi connectivity index (χ0v) is 10.8. The fraction of sp³-hybridized carbons (Fsp3) is 0.182. The first-order valence-electron chi connectivity index (χ1n) is 5.52. The number of rotatable bonds is 4. The van der Waals surface area contributed by atoms with E-state index in [2.05, 4.69) is 10.7 Å². The largest absolute Gasteiger partial charge is 0.543 e. The van der Waals surface area contributed by atoms with Crippen LogP contribution in [0.1, 0.15) is 16.1 Å². The van der Waals surface area contributed by atoms with Gasteiger partial charge in [0.25, 0.3) is 0 Å². The van der Waals surface area contributed by atoms with Crippen LogP contribution in [0, 0.1) is 0 Å². The number of carboxylic acid groups (broad SMARTS) is 1. The number of hydrogen-bond donors (Lipinski definition) is 3. The van der Waals surface area contributed by atoms with Gasteiger partial charge in [0.2, 0.25) is 10.0 Å². The Balaban J connectivity index is 2.76. The third-order valence-electron chi connectivity index (χ3n) is 2.84. The van der Waals surface area contributed by atoms with E-state index in [0.29, 0.717) is 29.4 Å². The number of quaternary nitrogens is 1. The van der Waals surface area contributed by atoms with Crippen molar-refractivity contribution in [1.29, 1.82) is 0 Å². The average molecular weight is 283 g/mol. The third-order valence-corrected chi connectivity index (χ3v) is 3.75. The fourth-order valence-corrected chi connectivity index (χ4v) is 2.55. The Morgan fingerprint density at radius 3 is 2.63 bits per heavy atom. The zero-order chi connectivity index (χ0) is 14.2. The van der Waals surface area contributed by atoms with Crippen molar-refractivity contribution in [2.45, 2.75) is 11.3 Å². The van der Waals surface area contributed by atoms with Crippen molar-refractivity contribution in [3.8, 4) is 0 Å². The van der Waals surface area contributed by atoms with Gasteiger partial charge in [-0.05, 0) is 23.8 Å². The van der Waals surface area contributed by atoms with Crippen molar-refractivity contribution in [2.75, 3.05) is 6.54 Å². The Morgan fingerprint density at radius 2 is 2.11 bits per heavy atom. The van der Waals surface area contributed by atoms with E-state index >= 15 is 0 Å². The van der Waals surface area contributed by atoms with Gasteiger partial charge < -0.3 is 20.6 Å². The summed E-state index contributed by atoms with van der Waals surface area (Å²) >= 11 is 0. The predicted octanol–water partition coefficient (Wildman–Crippen LogP) is -2.04. The summed E-state index contributed by atoms with van der Waals surface area (Å²) in [7, 11) is -3.83. The number of aromatic carboxylic acids is 1. The highest BCUT2D eigenvalue weighted by atomic mass is 32.2. The van der Waals surface area contributed by atoms with E-state index < -0.39 is 16.0 Å². The molecule has 0 saturated carbocycles. The summed E-state index contributed by atoms with van der Waals surface area (Å²) in [6.45, 7) is 0.479. The smallest absolute Gasteiger partial charge is 0.238 e. The van der Waals surface area contributed by atoms with Crippen LogP contribution in [0.2, 0.25) is 0 Å². The molecule has 6 N–H and O–H groups in total. The molecule has 0 radical (unpaired) electrons. The minimum absolute atomic E-state index is 0.0507. The van der Waals surface area contributed by atoms with E-state index in [1.165, 1.54) is 18.2 Å². The number of nitrogens with two attached hydrogens (primary N) is 1. The molecule has 2 aromatic rings. The van der Waals surface area contributed by atoms with E-state index in [1.54, 1.807) is 0 Å². The molecule has 0 saturated heterocycles. The SMILES string of the molecule is NS(=O)(=O)c1ccc2[nH]c(C(=O)[O-])c(CC[NH3+])c2c1. The third kappa shape index (κ3) is 2.46. The lowest BCUT2D eigenvalue weighted by molar-refractivity contribution is -0.366. The molecule has 0 aliphatic carbocycles. The summed E-state index contributed by atoms with van der Waals surface area (Å²) in [4.78, 5) is 13.7. The number of nitrogens with one attached hydrogen (secondary N) is 1. The van der Waals surface area contributed by atoms with Crippen molar-refractivity contribution in [3.05, 3.63) is 29.5 Å². The molecule has 1 aromatic heterocycles. The van der Waals surface area contributed by atoms with Crippen LogP contribution in [-0.2, 0) is 16.4 Å². The van der Waals surface area contributed by atoms with E-state index in [9.17, 15) is 18.3 Å².